The van der Waals surface area contributed by atoms with E-state index in [1.54, 1.807) is 30.5 Å². The highest BCUT2D eigenvalue weighted by atomic mass is 35.5. The van der Waals surface area contributed by atoms with Crippen molar-refractivity contribution in [3.8, 4) is 0 Å². The molecule has 0 saturated carbocycles. The molecule has 1 atom stereocenters. The van der Waals surface area contributed by atoms with Crippen molar-refractivity contribution in [1.29, 1.82) is 0 Å². The molecule has 12 heteroatoms. The summed E-state index contributed by atoms with van der Waals surface area (Å²) in [6.45, 7) is 2.11. The zero-order chi connectivity index (χ0) is 26.3. The highest BCUT2D eigenvalue weighted by Crippen LogP contribution is 2.35. The van der Waals surface area contributed by atoms with Gasteiger partial charge in [0.25, 0.3) is 11.1 Å². The lowest BCUT2D eigenvalue weighted by Gasteiger charge is -2.31. The van der Waals surface area contributed by atoms with Crippen LogP contribution in [0.4, 0.5) is 18.0 Å². The number of likely N-dealkylation sites (N-methyl/N-ethyl adjacent to an activating group) is 1. The SMILES string of the molecule is CN1CCO[C@H](CN2C(=O)SC(=Cc3ccc4c(cnn4Cc4ccc(Cl)cc4C(F)(F)F)c3)C2=O)C1. The molecule has 0 spiro atoms. The Morgan fingerprint density at radius 1 is 1.22 bits per heavy atom. The lowest BCUT2D eigenvalue weighted by Crippen LogP contribution is -2.47. The smallest absolute Gasteiger partial charge is 0.374 e. The van der Waals surface area contributed by atoms with Crippen LogP contribution in [0.1, 0.15) is 16.7 Å². The number of fused-ring (bicyclic) bond motifs is 1. The van der Waals surface area contributed by atoms with Crippen LogP contribution in [0.3, 0.4) is 0 Å². The number of aromatic nitrogens is 2. The van der Waals surface area contributed by atoms with Gasteiger partial charge in [0.15, 0.2) is 0 Å². The van der Waals surface area contributed by atoms with E-state index in [4.69, 9.17) is 16.3 Å². The van der Waals surface area contributed by atoms with Crippen LogP contribution in [0.5, 0.6) is 0 Å². The first-order valence-electron chi connectivity index (χ1n) is 11.5. The number of halogens is 4. The Kier molecular flexibility index (Phi) is 7.06. The monoisotopic (exact) mass is 550 g/mol. The van der Waals surface area contributed by atoms with Gasteiger partial charge in [-0.25, -0.2) is 0 Å². The van der Waals surface area contributed by atoms with Gasteiger partial charge in [-0.15, -0.1) is 0 Å². The van der Waals surface area contributed by atoms with E-state index < -0.39 is 11.7 Å². The van der Waals surface area contributed by atoms with Gasteiger partial charge in [0.1, 0.15) is 0 Å². The van der Waals surface area contributed by atoms with Crippen LogP contribution in [-0.4, -0.2) is 70.1 Å². The fourth-order valence-corrected chi connectivity index (χ4v) is 5.44. The number of hydrogen-bond donors (Lipinski definition) is 0. The number of ether oxygens (including phenoxy) is 1. The molecule has 0 bridgehead atoms. The lowest BCUT2D eigenvalue weighted by atomic mass is 10.1. The summed E-state index contributed by atoms with van der Waals surface area (Å²) in [5, 5.41) is 4.62. The van der Waals surface area contributed by atoms with E-state index in [-0.39, 0.29) is 40.9 Å². The summed E-state index contributed by atoms with van der Waals surface area (Å²) in [5.41, 5.74) is 0.551. The van der Waals surface area contributed by atoms with E-state index in [0.717, 1.165) is 24.4 Å². The van der Waals surface area contributed by atoms with Crippen molar-refractivity contribution in [2.75, 3.05) is 33.3 Å². The first-order chi connectivity index (χ1) is 17.6. The van der Waals surface area contributed by atoms with Crippen molar-refractivity contribution in [3.63, 3.8) is 0 Å². The summed E-state index contributed by atoms with van der Waals surface area (Å²) >= 11 is 6.66. The van der Waals surface area contributed by atoms with Gasteiger partial charge in [-0.1, -0.05) is 23.7 Å². The Morgan fingerprint density at radius 2 is 2.03 bits per heavy atom. The topological polar surface area (TPSA) is 67.7 Å². The van der Waals surface area contributed by atoms with Gasteiger partial charge < -0.3 is 9.64 Å². The number of morpholine rings is 1. The van der Waals surface area contributed by atoms with Gasteiger partial charge in [-0.05, 0) is 60.3 Å². The standard InChI is InChI=1S/C25H22ClF3N4O3S/c1-31-6-7-36-19(13-31)14-32-23(34)22(37-24(32)35)9-15-2-5-21-17(8-15)11-30-33(21)12-16-3-4-18(26)10-20(16)25(27,28)29/h2-5,8-11,19H,6-7,12-14H2,1H3/t19-/m0/s1. The maximum absolute atomic E-state index is 13.5. The van der Waals surface area contributed by atoms with Crippen LogP contribution < -0.4 is 0 Å². The van der Waals surface area contributed by atoms with Crippen LogP contribution in [0, 0.1) is 0 Å². The maximum atomic E-state index is 13.5. The van der Waals surface area contributed by atoms with Gasteiger partial charge in [-0.2, -0.15) is 18.3 Å². The predicted octanol–water partition coefficient (Wildman–Crippen LogP) is 5.12. The minimum Gasteiger partial charge on any atom is -0.374 e. The number of nitrogens with zero attached hydrogens (tertiary/aromatic N) is 4. The summed E-state index contributed by atoms with van der Waals surface area (Å²) in [7, 11) is 1.96. The fourth-order valence-electron chi connectivity index (χ4n) is 4.42. The molecule has 2 saturated heterocycles. The molecule has 2 aromatic carbocycles. The molecule has 2 fully saturated rings. The van der Waals surface area contributed by atoms with Gasteiger partial charge >= 0.3 is 6.18 Å². The van der Waals surface area contributed by atoms with Crippen molar-refractivity contribution >= 4 is 51.5 Å². The molecule has 1 aromatic heterocycles. The second-order valence-electron chi connectivity index (χ2n) is 8.97. The zero-order valence-electron chi connectivity index (χ0n) is 19.7. The number of imide groups is 1. The normalized spacial score (nSPS) is 20.5. The Hall–Kier alpha value is -2.86. The number of rotatable bonds is 5. The minimum atomic E-state index is -4.54. The summed E-state index contributed by atoms with van der Waals surface area (Å²) < 4.78 is 47.6. The molecule has 3 heterocycles. The lowest BCUT2D eigenvalue weighted by molar-refractivity contribution is -0.138. The Bertz CT molecular complexity index is 1410. The zero-order valence-corrected chi connectivity index (χ0v) is 21.2. The van der Waals surface area contributed by atoms with Crippen LogP contribution in [-0.2, 0) is 22.3 Å². The maximum Gasteiger partial charge on any atom is 0.416 e. The third-order valence-corrected chi connectivity index (χ3v) is 7.41. The summed E-state index contributed by atoms with van der Waals surface area (Å²) in [6, 6.07) is 8.92. The summed E-state index contributed by atoms with van der Waals surface area (Å²) in [4.78, 5) is 29.0. The van der Waals surface area contributed by atoms with E-state index in [1.165, 1.54) is 21.7 Å². The summed E-state index contributed by atoms with van der Waals surface area (Å²) in [6.07, 6.45) is -1.58. The highest BCUT2D eigenvalue weighted by Gasteiger charge is 2.37. The van der Waals surface area contributed by atoms with E-state index in [2.05, 4.69) is 10.00 Å². The predicted molar refractivity (Wildman–Crippen MR) is 135 cm³/mol. The molecule has 0 aliphatic carbocycles. The Balaban J connectivity index is 1.35. The minimum absolute atomic E-state index is 0.00839. The molecule has 0 radical (unpaired) electrons. The van der Waals surface area contributed by atoms with Crippen LogP contribution in [0.25, 0.3) is 17.0 Å². The molecule has 2 aliphatic rings. The molecule has 0 N–H and O–H groups in total. The number of benzene rings is 2. The molecule has 7 nitrogen and oxygen atoms in total. The molecule has 0 unspecified atom stereocenters. The van der Waals surface area contributed by atoms with E-state index in [1.807, 2.05) is 7.05 Å². The molecule has 5 rings (SSSR count). The first kappa shape index (κ1) is 25.8. The van der Waals surface area contributed by atoms with Crippen LogP contribution in [0.2, 0.25) is 5.02 Å². The van der Waals surface area contributed by atoms with E-state index in [9.17, 15) is 22.8 Å². The molecular formula is C25H22ClF3N4O3S. The Morgan fingerprint density at radius 3 is 2.78 bits per heavy atom. The number of hydrogen-bond acceptors (Lipinski definition) is 6. The van der Waals surface area contributed by atoms with Gasteiger partial charge in [0.2, 0.25) is 0 Å². The van der Waals surface area contributed by atoms with Gasteiger partial charge in [0, 0.05) is 23.5 Å². The molecule has 2 aliphatic heterocycles. The summed E-state index contributed by atoms with van der Waals surface area (Å²) in [5.74, 6) is -0.370. The molecule has 37 heavy (non-hydrogen) atoms. The second kappa shape index (κ2) is 10.1. The number of carbonyl (C=O) groups is 2. The van der Waals surface area contributed by atoms with E-state index in [0.29, 0.717) is 34.5 Å². The quantitative estimate of drug-likeness (QED) is 0.411. The van der Waals surface area contributed by atoms with Crippen molar-refractivity contribution < 1.29 is 27.5 Å². The van der Waals surface area contributed by atoms with E-state index >= 15 is 0 Å². The van der Waals surface area contributed by atoms with Crippen LogP contribution in [0.15, 0.2) is 47.5 Å². The third-order valence-electron chi connectivity index (χ3n) is 6.26. The Labute approximate surface area is 219 Å². The van der Waals surface area contributed by atoms with Crippen molar-refractivity contribution in [2.24, 2.45) is 0 Å². The van der Waals surface area contributed by atoms with Crippen molar-refractivity contribution in [1.82, 2.24) is 19.6 Å². The average molecular weight is 551 g/mol. The molecule has 2 amide bonds. The largest absolute Gasteiger partial charge is 0.416 e. The number of thioether (sulfide) groups is 1. The highest BCUT2D eigenvalue weighted by molar-refractivity contribution is 8.18. The second-order valence-corrected chi connectivity index (χ2v) is 10.4. The van der Waals surface area contributed by atoms with Crippen molar-refractivity contribution in [2.45, 2.75) is 18.8 Å². The van der Waals surface area contributed by atoms with Gasteiger partial charge in [-0.3, -0.25) is 19.2 Å². The molecule has 3 aromatic rings. The fraction of sp³-hybridized carbons (Fsp3) is 0.320. The number of alkyl halides is 3. The first-order valence-corrected chi connectivity index (χ1v) is 12.6. The van der Waals surface area contributed by atoms with Crippen molar-refractivity contribution in [3.05, 3.63) is 69.2 Å². The number of amides is 2. The average Bonchev–Trinajstić information content (AvgIpc) is 3.35. The number of carbonyl (C=O) groups excluding carboxylic acids is 2. The molecule has 194 valence electrons. The van der Waals surface area contributed by atoms with Gasteiger partial charge in [0.05, 0.1) is 48.0 Å². The third kappa shape index (κ3) is 5.54. The van der Waals surface area contributed by atoms with Crippen LogP contribution >= 0.6 is 23.4 Å². The molecular weight excluding hydrogens is 529 g/mol.